The number of piperidine rings is 1. The zero-order chi connectivity index (χ0) is 24.6. The first-order valence-electron chi connectivity index (χ1n) is 13.5. The van der Waals surface area contributed by atoms with Gasteiger partial charge in [0.25, 0.3) is 0 Å². The molecule has 36 heavy (non-hydrogen) atoms. The van der Waals surface area contributed by atoms with Crippen LogP contribution < -0.4 is 20.3 Å². The van der Waals surface area contributed by atoms with Crippen LogP contribution in [-0.4, -0.2) is 66.8 Å². The number of nitrogens with zero attached hydrogens (tertiary/aromatic N) is 5. The summed E-state index contributed by atoms with van der Waals surface area (Å²) in [6, 6.07) is 14.4. The summed E-state index contributed by atoms with van der Waals surface area (Å²) < 4.78 is 6.28. The molecule has 0 aliphatic carbocycles. The number of likely N-dealkylation sites (N-methyl/N-ethyl adjacent to an activating group) is 1. The third-order valence-corrected chi connectivity index (χ3v) is 8.37. The lowest BCUT2D eigenvalue weighted by Gasteiger charge is -2.36. The summed E-state index contributed by atoms with van der Waals surface area (Å²) in [5.74, 6) is 1.07. The smallest absolute Gasteiger partial charge is 0.318 e. The molecule has 2 N–H and O–H groups in total. The van der Waals surface area contributed by atoms with Gasteiger partial charge < -0.3 is 25.2 Å². The van der Waals surface area contributed by atoms with Crippen LogP contribution in [0.4, 0.5) is 11.5 Å². The Morgan fingerprint density at radius 3 is 2.56 bits per heavy atom. The predicted molar refractivity (Wildman–Crippen MR) is 146 cm³/mol. The van der Waals surface area contributed by atoms with Crippen LogP contribution in [-0.2, 0) is 13.0 Å². The fourth-order valence-corrected chi connectivity index (χ4v) is 6.16. The number of aromatic nitrogens is 2. The van der Waals surface area contributed by atoms with Crippen LogP contribution >= 0.6 is 0 Å². The van der Waals surface area contributed by atoms with Crippen molar-refractivity contribution >= 4 is 22.3 Å². The van der Waals surface area contributed by atoms with Crippen molar-refractivity contribution in [3.05, 3.63) is 53.2 Å². The van der Waals surface area contributed by atoms with Crippen molar-refractivity contribution in [3.8, 4) is 6.01 Å². The van der Waals surface area contributed by atoms with Crippen molar-refractivity contribution in [3.63, 3.8) is 0 Å². The van der Waals surface area contributed by atoms with Crippen LogP contribution in [0.1, 0.15) is 42.5 Å². The molecule has 3 aliphatic rings. The molecule has 2 saturated heterocycles. The first-order valence-corrected chi connectivity index (χ1v) is 13.5. The molecule has 2 aromatic carbocycles. The molecule has 190 valence electrons. The summed E-state index contributed by atoms with van der Waals surface area (Å²) in [6.07, 6.45) is 5.34. The van der Waals surface area contributed by atoms with Crippen LogP contribution in [0.15, 0.2) is 36.4 Å². The Hall–Kier alpha value is -2.90. The van der Waals surface area contributed by atoms with Crippen molar-refractivity contribution in [2.75, 3.05) is 49.6 Å². The van der Waals surface area contributed by atoms with E-state index in [0.717, 1.165) is 63.5 Å². The van der Waals surface area contributed by atoms with Gasteiger partial charge in [0.15, 0.2) is 0 Å². The van der Waals surface area contributed by atoms with Gasteiger partial charge in [-0.15, -0.1) is 0 Å². The van der Waals surface area contributed by atoms with E-state index in [2.05, 4.69) is 65.1 Å². The molecule has 1 atom stereocenters. The molecule has 7 nitrogen and oxygen atoms in total. The predicted octanol–water partition coefficient (Wildman–Crippen LogP) is 3.90. The number of aryl methyl sites for hydroxylation is 1. The summed E-state index contributed by atoms with van der Waals surface area (Å²) in [4.78, 5) is 17.3. The summed E-state index contributed by atoms with van der Waals surface area (Å²) >= 11 is 0. The average molecular weight is 487 g/mol. The number of nitrogens with two attached hydrogens (primary N) is 1. The number of fused-ring (bicyclic) bond motifs is 2. The molecule has 0 radical (unpaired) electrons. The molecule has 2 fully saturated rings. The first-order chi connectivity index (χ1) is 17.6. The molecule has 1 unspecified atom stereocenters. The maximum absolute atomic E-state index is 6.28. The molecule has 0 bridgehead atoms. The van der Waals surface area contributed by atoms with E-state index in [4.69, 9.17) is 20.4 Å². The highest BCUT2D eigenvalue weighted by Gasteiger charge is 2.29. The largest absolute Gasteiger partial charge is 0.462 e. The van der Waals surface area contributed by atoms with Gasteiger partial charge in [-0.05, 0) is 69.6 Å². The fraction of sp³-hybridized carbons (Fsp3) is 0.517. The number of rotatable bonds is 5. The van der Waals surface area contributed by atoms with Gasteiger partial charge in [0.05, 0.1) is 12.2 Å². The van der Waals surface area contributed by atoms with E-state index in [1.165, 1.54) is 40.4 Å². The minimum absolute atomic E-state index is 0.289. The number of anilines is 2. The molecule has 0 spiro atoms. The Kier molecular flexibility index (Phi) is 6.44. The fourth-order valence-electron chi connectivity index (χ4n) is 6.16. The lowest BCUT2D eigenvalue weighted by molar-refractivity contribution is 0.187. The second-order valence-corrected chi connectivity index (χ2v) is 10.8. The highest BCUT2D eigenvalue weighted by molar-refractivity contribution is 5.97. The van der Waals surface area contributed by atoms with Gasteiger partial charge >= 0.3 is 6.01 Å². The van der Waals surface area contributed by atoms with E-state index in [-0.39, 0.29) is 6.04 Å². The lowest BCUT2D eigenvalue weighted by atomic mass is 9.99. The van der Waals surface area contributed by atoms with E-state index in [1.54, 1.807) is 0 Å². The summed E-state index contributed by atoms with van der Waals surface area (Å²) in [7, 11) is 2.18. The molecule has 0 amide bonds. The van der Waals surface area contributed by atoms with Crippen LogP contribution in [0.25, 0.3) is 10.8 Å². The third kappa shape index (κ3) is 4.50. The highest BCUT2D eigenvalue weighted by Crippen LogP contribution is 2.35. The zero-order valence-corrected chi connectivity index (χ0v) is 21.6. The Morgan fingerprint density at radius 1 is 0.972 bits per heavy atom. The molecule has 3 aromatic rings. The number of ether oxygens (including phenoxy) is 1. The SMILES string of the molecule is Cc1cccc2cccc(N3CCc4c(nc(OCC5CCCN5C)nc4N4CCC(N)CC4)C3)c12. The molecule has 0 saturated carbocycles. The van der Waals surface area contributed by atoms with Crippen LogP contribution in [0, 0.1) is 6.92 Å². The number of likely N-dealkylation sites (tertiary alicyclic amines) is 1. The van der Waals surface area contributed by atoms with Crippen LogP contribution in [0.3, 0.4) is 0 Å². The topological polar surface area (TPSA) is 70.8 Å². The van der Waals surface area contributed by atoms with Crippen LogP contribution in [0.5, 0.6) is 6.01 Å². The van der Waals surface area contributed by atoms with E-state index >= 15 is 0 Å². The maximum Gasteiger partial charge on any atom is 0.318 e. The van der Waals surface area contributed by atoms with Crippen LogP contribution in [0.2, 0.25) is 0 Å². The minimum Gasteiger partial charge on any atom is -0.462 e. The molecule has 1 aromatic heterocycles. The maximum atomic E-state index is 6.28. The van der Waals surface area contributed by atoms with E-state index in [0.29, 0.717) is 18.7 Å². The number of hydrogen-bond donors (Lipinski definition) is 1. The second kappa shape index (κ2) is 9.87. The normalized spacial score (nSPS) is 21.2. The quantitative estimate of drug-likeness (QED) is 0.586. The van der Waals surface area contributed by atoms with Gasteiger partial charge in [-0.3, -0.25) is 0 Å². The Balaban J connectivity index is 1.33. The van der Waals surface area contributed by atoms with Crippen molar-refractivity contribution in [2.24, 2.45) is 5.73 Å². The standard InChI is InChI=1S/C29H38N6O/c1-20-6-3-7-21-8-4-10-26(27(20)21)35-17-13-24-25(18-35)31-29(36-19-23-9-5-14-33(23)2)32-28(24)34-15-11-22(30)12-16-34/h3-4,6-8,10,22-23H,5,9,11-19,30H2,1-2H3. The van der Waals surface area contributed by atoms with Gasteiger partial charge in [-0.25, -0.2) is 0 Å². The minimum atomic E-state index is 0.289. The summed E-state index contributed by atoms with van der Waals surface area (Å²) in [6.45, 7) is 7.60. The monoisotopic (exact) mass is 486 g/mol. The van der Waals surface area contributed by atoms with Gasteiger partial charge in [0.2, 0.25) is 0 Å². The van der Waals surface area contributed by atoms with Gasteiger partial charge in [0, 0.05) is 48.4 Å². The van der Waals surface area contributed by atoms with Gasteiger partial charge in [-0.1, -0.05) is 30.3 Å². The number of benzene rings is 2. The van der Waals surface area contributed by atoms with Crippen molar-refractivity contribution in [2.45, 2.75) is 57.7 Å². The Morgan fingerprint density at radius 2 is 1.78 bits per heavy atom. The summed E-state index contributed by atoms with van der Waals surface area (Å²) in [5.41, 5.74) is 11.2. The van der Waals surface area contributed by atoms with E-state index in [1.807, 2.05) is 0 Å². The molecule has 7 heteroatoms. The van der Waals surface area contributed by atoms with Crippen molar-refractivity contribution < 1.29 is 4.74 Å². The molecule has 6 rings (SSSR count). The van der Waals surface area contributed by atoms with Gasteiger partial charge in [-0.2, -0.15) is 9.97 Å². The molecule has 4 heterocycles. The Labute approximate surface area is 214 Å². The molecule has 3 aliphatic heterocycles. The Bertz CT molecular complexity index is 1230. The van der Waals surface area contributed by atoms with E-state index < -0.39 is 0 Å². The van der Waals surface area contributed by atoms with E-state index in [9.17, 15) is 0 Å². The third-order valence-electron chi connectivity index (χ3n) is 8.37. The van der Waals surface area contributed by atoms with Crippen molar-refractivity contribution in [1.82, 2.24) is 14.9 Å². The highest BCUT2D eigenvalue weighted by atomic mass is 16.5. The lowest BCUT2D eigenvalue weighted by Crippen LogP contribution is -2.41. The number of hydrogen-bond acceptors (Lipinski definition) is 7. The van der Waals surface area contributed by atoms with Gasteiger partial charge in [0.1, 0.15) is 12.4 Å². The zero-order valence-electron chi connectivity index (χ0n) is 21.6. The first kappa shape index (κ1) is 23.5. The average Bonchev–Trinajstić information content (AvgIpc) is 3.31. The van der Waals surface area contributed by atoms with Crippen molar-refractivity contribution in [1.29, 1.82) is 0 Å². The molecular formula is C29H38N6O. The second-order valence-electron chi connectivity index (χ2n) is 10.8. The molecular weight excluding hydrogens is 448 g/mol. The summed E-state index contributed by atoms with van der Waals surface area (Å²) in [5, 5.41) is 2.62.